The summed E-state index contributed by atoms with van der Waals surface area (Å²) in [5, 5.41) is 11.8. The number of anilines is 2. The van der Waals surface area contributed by atoms with Crippen LogP contribution < -0.4 is 19.7 Å². The molecule has 3 amide bonds. The van der Waals surface area contributed by atoms with E-state index in [2.05, 4.69) is 15.7 Å². The first-order valence-electron chi connectivity index (χ1n) is 9.74. The van der Waals surface area contributed by atoms with Crippen LogP contribution in [0.1, 0.15) is 6.92 Å². The maximum atomic E-state index is 13.0. The average Bonchev–Trinajstić information content (AvgIpc) is 3.28. The number of carbonyl (C=O) groups is 3. The molecular formula is C21H21N5O5. The highest BCUT2D eigenvalue weighted by Gasteiger charge is 2.55. The van der Waals surface area contributed by atoms with E-state index in [1.54, 1.807) is 48.5 Å². The average molecular weight is 423 g/mol. The summed E-state index contributed by atoms with van der Waals surface area (Å²) in [7, 11) is 1.53. The van der Waals surface area contributed by atoms with Gasteiger partial charge in [-0.3, -0.25) is 19.4 Å². The van der Waals surface area contributed by atoms with Crippen molar-refractivity contribution in [3.05, 3.63) is 48.5 Å². The first-order valence-corrected chi connectivity index (χ1v) is 9.74. The zero-order valence-electron chi connectivity index (χ0n) is 17.0. The minimum absolute atomic E-state index is 0.224. The Labute approximate surface area is 178 Å². The smallest absolute Gasteiger partial charge is 0.263 e. The van der Waals surface area contributed by atoms with E-state index in [1.165, 1.54) is 12.1 Å². The summed E-state index contributed by atoms with van der Waals surface area (Å²) in [5.41, 5.74) is 0.964. The van der Waals surface area contributed by atoms with E-state index in [9.17, 15) is 14.4 Å². The van der Waals surface area contributed by atoms with E-state index in [0.29, 0.717) is 29.5 Å². The van der Waals surface area contributed by atoms with Crippen molar-refractivity contribution >= 4 is 29.1 Å². The molecule has 0 bridgehead atoms. The number of imide groups is 1. The van der Waals surface area contributed by atoms with Gasteiger partial charge in [0.05, 0.1) is 19.4 Å². The van der Waals surface area contributed by atoms with Crippen LogP contribution in [-0.2, 0) is 14.4 Å². The Hall–Kier alpha value is -3.95. The first-order chi connectivity index (χ1) is 15.0. The lowest BCUT2D eigenvalue weighted by Gasteiger charge is -2.20. The second kappa shape index (κ2) is 8.42. The number of nitrogens with one attached hydrogen (secondary N) is 1. The lowest BCUT2D eigenvalue weighted by Crippen LogP contribution is -2.43. The topological polar surface area (TPSA) is 113 Å². The van der Waals surface area contributed by atoms with Crippen LogP contribution in [0.5, 0.6) is 11.5 Å². The number of nitrogens with zero attached hydrogens (tertiary/aromatic N) is 4. The Kier molecular flexibility index (Phi) is 5.52. The number of hydrogen-bond donors (Lipinski definition) is 1. The number of hydrogen-bond acceptors (Lipinski definition) is 8. The monoisotopic (exact) mass is 423 g/mol. The lowest BCUT2D eigenvalue weighted by molar-refractivity contribution is -0.123. The van der Waals surface area contributed by atoms with Gasteiger partial charge in [0.15, 0.2) is 12.1 Å². The predicted molar refractivity (Wildman–Crippen MR) is 111 cm³/mol. The van der Waals surface area contributed by atoms with E-state index in [-0.39, 0.29) is 6.54 Å². The Morgan fingerprint density at radius 3 is 2.58 bits per heavy atom. The fourth-order valence-corrected chi connectivity index (χ4v) is 3.51. The van der Waals surface area contributed by atoms with Gasteiger partial charge < -0.3 is 14.8 Å². The molecule has 1 fully saturated rings. The molecular weight excluding hydrogens is 402 g/mol. The van der Waals surface area contributed by atoms with Crippen molar-refractivity contribution in [3.8, 4) is 11.5 Å². The molecule has 2 unspecified atom stereocenters. The quantitative estimate of drug-likeness (QED) is 0.682. The standard InChI is InChI=1S/C21H21N5O5/c1-3-31-15-9-7-14(8-10-15)26-20(28)18-19(21(26)29)25(24-23-18)12-17(27)22-13-5-4-6-16(11-13)30-2/h4-11,18-19H,3,12H2,1-2H3,(H,22,27). The number of amides is 3. The Bertz CT molecular complexity index is 1040. The molecule has 2 atom stereocenters. The molecule has 0 spiro atoms. The number of rotatable bonds is 7. The fourth-order valence-electron chi connectivity index (χ4n) is 3.51. The van der Waals surface area contributed by atoms with Gasteiger partial charge in [-0.05, 0) is 43.3 Å². The van der Waals surface area contributed by atoms with E-state index >= 15 is 0 Å². The minimum atomic E-state index is -0.969. The summed E-state index contributed by atoms with van der Waals surface area (Å²) in [4.78, 5) is 39.3. The molecule has 2 aromatic carbocycles. The number of fused-ring (bicyclic) bond motifs is 1. The van der Waals surface area contributed by atoms with Gasteiger partial charge in [-0.1, -0.05) is 11.3 Å². The summed E-state index contributed by atoms with van der Waals surface area (Å²) in [6.45, 7) is 2.16. The second-order valence-corrected chi connectivity index (χ2v) is 6.91. The van der Waals surface area contributed by atoms with Crippen molar-refractivity contribution < 1.29 is 23.9 Å². The molecule has 10 heteroatoms. The molecule has 4 rings (SSSR count). The molecule has 2 aromatic rings. The summed E-state index contributed by atoms with van der Waals surface area (Å²) < 4.78 is 10.5. The van der Waals surface area contributed by atoms with Crippen LogP contribution in [0.3, 0.4) is 0 Å². The number of carbonyl (C=O) groups excluding carboxylic acids is 3. The molecule has 31 heavy (non-hydrogen) atoms. The van der Waals surface area contributed by atoms with Crippen molar-refractivity contribution in [2.45, 2.75) is 19.0 Å². The number of ether oxygens (including phenoxy) is 2. The van der Waals surface area contributed by atoms with Crippen LogP contribution in [-0.4, -0.2) is 55.1 Å². The van der Waals surface area contributed by atoms with Crippen LogP contribution in [0.4, 0.5) is 11.4 Å². The van der Waals surface area contributed by atoms with Gasteiger partial charge in [0.1, 0.15) is 18.0 Å². The zero-order chi connectivity index (χ0) is 22.0. The highest BCUT2D eigenvalue weighted by Crippen LogP contribution is 2.32. The van der Waals surface area contributed by atoms with Crippen molar-refractivity contribution in [1.82, 2.24) is 5.01 Å². The number of benzene rings is 2. The van der Waals surface area contributed by atoms with Gasteiger partial charge in [-0.15, -0.1) is 0 Å². The Morgan fingerprint density at radius 1 is 1.10 bits per heavy atom. The van der Waals surface area contributed by atoms with Crippen LogP contribution in [0, 0.1) is 0 Å². The molecule has 1 saturated heterocycles. The van der Waals surface area contributed by atoms with Crippen LogP contribution in [0.2, 0.25) is 0 Å². The van der Waals surface area contributed by atoms with Gasteiger partial charge in [0, 0.05) is 11.8 Å². The molecule has 2 aliphatic heterocycles. The van der Waals surface area contributed by atoms with Crippen molar-refractivity contribution in [1.29, 1.82) is 0 Å². The highest BCUT2D eigenvalue weighted by molar-refractivity contribution is 6.25. The summed E-state index contributed by atoms with van der Waals surface area (Å²) >= 11 is 0. The first kappa shape index (κ1) is 20.3. The molecule has 0 radical (unpaired) electrons. The normalized spacial score (nSPS) is 19.5. The number of methoxy groups -OCH3 is 1. The van der Waals surface area contributed by atoms with Gasteiger partial charge in [0.25, 0.3) is 11.8 Å². The van der Waals surface area contributed by atoms with E-state index in [1.807, 2.05) is 6.92 Å². The fraction of sp³-hybridized carbons (Fsp3) is 0.286. The van der Waals surface area contributed by atoms with Crippen LogP contribution in [0.25, 0.3) is 0 Å². The molecule has 0 aromatic heterocycles. The van der Waals surface area contributed by atoms with Gasteiger partial charge in [0.2, 0.25) is 5.91 Å². The molecule has 160 valence electrons. The third-order valence-corrected chi connectivity index (χ3v) is 4.92. The molecule has 0 aliphatic carbocycles. The molecule has 1 N–H and O–H groups in total. The maximum absolute atomic E-state index is 13.0. The largest absolute Gasteiger partial charge is 0.497 e. The minimum Gasteiger partial charge on any atom is -0.497 e. The predicted octanol–water partition coefficient (Wildman–Crippen LogP) is 2.03. The Morgan fingerprint density at radius 2 is 1.87 bits per heavy atom. The van der Waals surface area contributed by atoms with E-state index in [0.717, 1.165) is 4.90 Å². The molecule has 2 heterocycles. The van der Waals surface area contributed by atoms with E-state index in [4.69, 9.17) is 9.47 Å². The van der Waals surface area contributed by atoms with Crippen molar-refractivity contribution in [2.75, 3.05) is 30.5 Å². The SMILES string of the molecule is CCOc1ccc(N2C(=O)C3N=NN(CC(=O)Nc4cccc(OC)c4)C3C2=O)cc1. The maximum Gasteiger partial charge on any atom is 0.263 e. The van der Waals surface area contributed by atoms with Crippen molar-refractivity contribution in [2.24, 2.45) is 10.3 Å². The van der Waals surface area contributed by atoms with Gasteiger partial charge in [-0.25, -0.2) is 4.90 Å². The lowest BCUT2D eigenvalue weighted by atomic mass is 10.1. The molecule has 0 saturated carbocycles. The zero-order valence-corrected chi connectivity index (χ0v) is 17.0. The van der Waals surface area contributed by atoms with Crippen LogP contribution in [0.15, 0.2) is 58.9 Å². The summed E-state index contributed by atoms with van der Waals surface area (Å²) in [5.74, 6) is -0.105. The van der Waals surface area contributed by atoms with E-state index < -0.39 is 29.8 Å². The Balaban J connectivity index is 1.45. The summed E-state index contributed by atoms with van der Waals surface area (Å²) in [6.07, 6.45) is 0. The second-order valence-electron chi connectivity index (χ2n) is 6.91. The van der Waals surface area contributed by atoms with Crippen molar-refractivity contribution in [3.63, 3.8) is 0 Å². The van der Waals surface area contributed by atoms with Crippen LogP contribution >= 0.6 is 0 Å². The molecule has 10 nitrogen and oxygen atoms in total. The summed E-state index contributed by atoms with van der Waals surface area (Å²) in [6, 6.07) is 11.6. The molecule has 2 aliphatic rings. The highest BCUT2D eigenvalue weighted by atomic mass is 16.5. The van der Waals surface area contributed by atoms with Gasteiger partial charge >= 0.3 is 0 Å². The third kappa shape index (κ3) is 3.91. The van der Waals surface area contributed by atoms with Gasteiger partial charge in [-0.2, -0.15) is 5.11 Å². The third-order valence-electron chi connectivity index (χ3n) is 4.92.